The molecule has 0 radical (unpaired) electrons. The first-order valence-corrected chi connectivity index (χ1v) is 8.74. The maximum atomic E-state index is 13.8. The summed E-state index contributed by atoms with van der Waals surface area (Å²) in [5, 5.41) is 3.44. The zero-order valence-corrected chi connectivity index (χ0v) is 14.9. The molecule has 1 N–H and O–H groups in total. The van der Waals surface area contributed by atoms with Crippen molar-refractivity contribution in [3.63, 3.8) is 0 Å². The highest BCUT2D eigenvalue weighted by Crippen LogP contribution is 2.15. The molecule has 26 heavy (non-hydrogen) atoms. The van der Waals surface area contributed by atoms with Crippen molar-refractivity contribution in [1.29, 1.82) is 0 Å². The third-order valence-electron chi connectivity index (χ3n) is 4.35. The van der Waals surface area contributed by atoms with Crippen LogP contribution in [0.15, 0.2) is 48.5 Å². The summed E-state index contributed by atoms with van der Waals surface area (Å²) in [5.74, 6) is -0.878. The molecular weight excluding hydrogens is 357 g/mol. The number of nitrogens with one attached hydrogen (secondary N) is 1. The van der Waals surface area contributed by atoms with Gasteiger partial charge in [-0.3, -0.25) is 4.79 Å². The van der Waals surface area contributed by atoms with Crippen LogP contribution in [0.1, 0.15) is 15.9 Å². The van der Waals surface area contributed by atoms with E-state index in [-0.39, 0.29) is 17.5 Å². The Morgan fingerprint density at radius 3 is 2.27 bits per heavy atom. The SMILES string of the molecule is O=C(NCc1ccccc1Cl)N1CCN(C(=O)c2ccccc2F)CC1. The zero-order chi connectivity index (χ0) is 18.5. The highest BCUT2D eigenvalue weighted by molar-refractivity contribution is 6.31. The van der Waals surface area contributed by atoms with E-state index >= 15 is 0 Å². The Hall–Kier alpha value is -2.60. The Bertz CT molecular complexity index is 807. The fourth-order valence-electron chi connectivity index (χ4n) is 2.84. The van der Waals surface area contributed by atoms with Gasteiger partial charge in [-0.05, 0) is 23.8 Å². The maximum absolute atomic E-state index is 13.8. The second-order valence-corrected chi connectivity index (χ2v) is 6.42. The van der Waals surface area contributed by atoms with Crippen molar-refractivity contribution < 1.29 is 14.0 Å². The summed E-state index contributed by atoms with van der Waals surface area (Å²) in [6, 6.07) is 13.0. The standard InChI is InChI=1S/C19H19ClFN3O2/c20-16-7-3-1-5-14(16)13-22-19(26)24-11-9-23(10-12-24)18(25)15-6-2-4-8-17(15)21/h1-8H,9-13H2,(H,22,26). The van der Waals surface area contributed by atoms with Gasteiger partial charge in [0.05, 0.1) is 5.56 Å². The van der Waals surface area contributed by atoms with Gasteiger partial charge in [-0.25, -0.2) is 9.18 Å². The monoisotopic (exact) mass is 375 g/mol. The van der Waals surface area contributed by atoms with Crippen molar-refractivity contribution in [1.82, 2.24) is 15.1 Å². The molecule has 1 heterocycles. The van der Waals surface area contributed by atoms with Crippen LogP contribution in [0, 0.1) is 5.82 Å². The molecule has 0 aliphatic carbocycles. The average molecular weight is 376 g/mol. The number of benzene rings is 2. The van der Waals surface area contributed by atoms with Crippen LogP contribution in [-0.4, -0.2) is 47.9 Å². The Morgan fingerprint density at radius 1 is 0.962 bits per heavy atom. The molecule has 136 valence electrons. The summed E-state index contributed by atoms with van der Waals surface area (Å²) in [7, 11) is 0. The smallest absolute Gasteiger partial charge is 0.317 e. The largest absolute Gasteiger partial charge is 0.335 e. The van der Waals surface area contributed by atoms with Crippen LogP contribution in [0.25, 0.3) is 0 Å². The molecule has 0 atom stereocenters. The van der Waals surface area contributed by atoms with Crippen LogP contribution in [0.3, 0.4) is 0 Å². The van der Waals surface area contributed by atoms with Crippen LogP contribution in [0.4, 0.5) is 9.18 Å². The summed E-state index contributed by atoms with van der Waals surface area (Å²) in [6.45, 7) is 1.87. The molecule has 7 heteroatoms. The molecule has 1 saturated heterocycles. The first kappa shape index (κ1) is 18.2. The quantitative estimate of drug-likeness (QED) is 0.896. The van der Waals surface area contributed by atoms with Gasteiger partial charge in [0.2, 0.25) is 0 Å². The molecular formula is C19H19ClFN3O2. The number of rotatable bonds is 3. The lowest BCUT2D eigenvalue weighted by Crippen LogP contribution is -2.53. The van der Waals surface area contributed by atoms with E-state index in [1.54, 1.807) is 28.0 Å². The van der Waals surface area contributed by atoms with Crippen molar-refractivity contribution in [2.24, 2.45) is 0 Å². The van der Waals surface area contributed by atoms with E-state index < -0.39 is 5.82 Å². The number of carbonyl (C=O) groups is 2. The van der Waals surface area contributed by atoms with Gasteiger partial charge < -0.3 is 15.1 Å². The van der Waals surface area contributed by atoms with Crippen LogP contribution in [0.2, 0.25) is 5.02 Å². The van der Waals surface area contributed by atoms with Crippen LogP contribution in [0.5, 0.6) is 0 Å². The molecule has 0 saturated carbocycles. The number of piperazine rings is 1. The Balaban J connectivity index is 1.52. The normalized spacial score (nSPS) is 14.2. The summed E-state index contributed by atoms with van der Waals surface area (Å²) in [6.07, 6.45) is 0. The molecule has 1 aliphatic heterocycles. The molecule has 2 aromatic carbocycles. The molecule has 5 nitrogen and oxygen atoms in total. The lowest BCUT2D eigenvalue weighted by molar-refractivity contribution is 0.0660. The number of urea groups is 1. The number of amides is 3. The second-order valence-electron chi connectivity index (χ2n) is 6.01. The Morgan fingerprint density at radius 2 is 1.58 bits per heavy atom. The molecule has 1 fully saturated rings. The Labute approximate surface area is 156 Å². The van der Waals surface area contributed by atoms with Crippen LogP contribution >= 0.6 is 11.6 Å². The van der Waals surface area contributed by atoms with Crippen molar-refractivity contribution in [2.75, 3.05) is 26.2 Å². The third-order valence-corrected chi connectivity index (χ3v) is 4.71. The van der Waals surface area contributed by atoms with Crippen molar-refractivity contribution in [2.45, 2.75) is 6.54 Å². The van der Waals surface area contributed by atoms with Crippen molar-refractivity contribution in [3.05, 3.63) is 70.5 Å². The Kier molecular flexibility index (Phi) is 5.73. The fourth-order valence-corrected chi connectivity index (χ4v) is 3.04. The van der Waals surface area contributed by atoms with Gasteiger partial charge in [0.1, 0.15) is 5.82 Å². The highest BCUT2D eigenvalue weighted by Gasteiger charge is 2.26. The minimum Gasteiger partial charge on any atom is -0.335 e. The maximum Gasteiger partial charge on any atom is 0.317 e. The molecule has 1 aliphatic rings. The average Bonchev–Trinajstić information content (AvgIpc) is 2.67. The van der Waals surface area contributed by atoms with Crippen LogP contribution < -0.4 is 5.32 Å². The predicted molar refractivity (Wildman–Crippen MR) is 97.6 cm³/mol. The van der Waals surface area contributed by atoms with E-state index in [0.717, 1.165) is 5.56 Å². The molecule has 0 bridgehead atoms. The van der Waals surface area contributed by atoms with E-state index in [0.29, 0.717) is 37.7 Å². The lowest BCUT2D eigenvalue weighted by atomic mass is 10.1. The predicted octanol–water partition coefficient (Wildman–Crippen LogP) is 3.15. The molecule has 0 unspecified atom stereocenters. The first-order chi connectivity index (χ1) is 12.6. The second kappa shape index (κ2) is 8.19. The minimum atomic E-state index is -0.530. The van der Waals surface area contributed by atoms with Gasteiger partial charge in [0.25, 0.3) is 5.91 Å². The molecule has 3 amide bonds. The number of carbonyl (C=O) groups excluding carboxylic acids is 2. The lowest BCUT2D eigenvalue weighted by Gasteiger charge is -2.34. The number of halogens is 2. The summed E-state index contributed by atoms with van der Waals surface area (Å²) in [4.78, 5) is 27.9. The summed E-state index contributed by atoms with van der Waals surface area (Å²) >= 11 is 6.08. The van der Waals surface area contributed by atoms with E-state index in [9.17, 15) is 14.0 Å². The van der Waals surface area contributed by atoms with E-state index in [1.807, 2.05) is 18.2 Å². The summed E-state index contributed by atoms with van der Waals surface area (Å²) < 4.78 is 13.8. The van der Waals surface area contributed by atoms with Crippen molar-refractivity contribution in [3.8, 4) is 0 Å². The molecule has 3 rings (SSSR count). The van der Waals surface area contributed by atoms with Gasteiger partial charge in [-0.1, -0.05) is 41.9 Å². The van der Waals surface area contributed by atoms with Gasteiger partial charge in [0, 0.05) is 37.7 Å². The third kappa shape index (κ3) is 4.14. The number of hydrogen-bond donors (Lipinski definition) is 1. The van der Waals surface area contributed by atoms with Gasteiger partial charge in [0.15, 0.2) is 0 Å². The summed E-state index contributed by atoms with van der Waals surface area (Å²) in [5.41, 5.74) is 0.903. The van der Waals surface area contributed by atoms with Crippen molar-refractivity contribution >= 4 is 23.5 Å². The fraction of sp³-hybridized carbons (Fsp3) is 0.263. The molecule has 0 spiro atoms. The van der Waals surface area contributed by atoms with Gasteiger partial charge >= 0.3 is 6.03 Å². The first-order valence-electron chi connectivity index (χ1n) is 8.36. The molecule has 2 aromatic rings. The number of nitrogens with zero attached hydrogens (tertiary/aromatic N) is 2. The zero-order valence-electron chi connectivity index (χ0n) is 14.1. The van der Waals surface area contributed by atoms with Gasteiger partial charge in [-0.15, -0.1) is 0 Å². The molecule has 0 aromatic heterocycles. The van der Waals surface area contributed by atoms with Crippen LogP contribution in [-0.2, 0) is 6.54 Å². The number of hydrogen-bond acceptors (Lipinski definition) is 2. The topological polar surface area (TPSA) is 52.7 Å². The van der Waals surface area contributed by atoms with Gasteiger partial charge in [-0.2, -0.15) is 0 Å². The highest BCUT2D eigenvalue weighted by atomic mass is 35.5. The van der Waals surface area contributed by atoms with E-state index in [4.69, 9.17) is 11.6 Å². The minimum absolute atomic E-state index is 0.0594. The van der Waals surface area contributed by atoms with E-state index in [2.05, 4.69) is 5.32 Å². The van der Waals surface area contributed by atoms with E-state index in [1.165, 1.54) is 12.1 Å².